The number of hydrogen-bond donors (Lipinski definition) is 1. The van der Waals surface area contributed by atoms with Crippen LogP contribution in [0.25, 0.3) is 0 Å². The van der Waals surface area contributed by atoms with Crippen molar-refractivity contribution in [1.82, 2.24) is 0 Å². The number of anilines is 1. The van der Waals surface area contributed by atoms with Crippen molar-refractivity contribution in [3.63, 3.8) is 0 Å². The minimum atomic E-state index is -0.103. The summed E-state index contributed by atoms with van der Waals surface area (Å²) in [6, 6.07) is 6.99. The quantitative estimate of drug-likeness (QED) is 0.609. The van der Waals surface area contributed by atoms with E-state index in [2.05, 4.69) is 11.9 Å². The lowest BCUT2D eigenvalue weighted by Crippen LogP contribution is -2.13. The molecular weight excluding hydrogens is 202 g/mol. The van der Waals surface area contributed by atoms with Crippen LogP contribution in [0.3, 0.4) is 0 Å². The number of allylic oxidation sites excluding steroid dienone is 1. The summed E-state index contributed by atoms with van der Waals surface area (Å²) in [5.74, 6) is -0.159. The molecule has 0 heterocycles. The molecule has 0 saturated heterocycles. The van der Waals surface area contributed by atoms with Crippen molar-refractivity contribution in [1.29, 1.82) is 0 Å². The maximum absolute atomic E-state index is 11.5. The highest BCUT2D eigenvalue weighted by molar-refractivity contribution is 6.03. The number of benzene rings is 1. The second-order valence-corrected chi connectivity index (χ2v) is 3.48. The molecule has 0 aliphatic heterocycles. The fraction of sp³-hybridized carbons (Fsp3) is 0.231. The third-order valence-electron chi connectivity index (χ3n) is 2.16. The summed E-state index contributed by atoms with van der Waals surface area (Å²) >= 11 is 0. The van der Waals surface area contributed by atoms with Crippen molar-refractivity contribution in [3.05, 3.63) is 42.5 Å². The maximum atomic E-state index is 11.5. The van der Waals surface area contributed by atoms with E-state index in [-0.39, 0.29) is 11.7 Å². The van der Waals surface area contributed by atoms with Crippen LogP contribution in [0.15, 0.2) is 36.9 Å². The molecule has 1 N–H and O–H groups in total. The third-order valence-corrected chi connectivity index (χ3v) is 2.16. The molecule has 0 bridgehead atoms. The van der Waals surface area contributed by atoms with Gasteiger partial charge in [0.15, 0.2) is 5.78 Å². The first kappa shape index (κ1) is 12.2. The van der Waals surface area contributed by atoms with Crippen LogP contribution < -0.4 is 5.32 Å². The van der Waals surface area contributed by atoms with E-state index in [0.29, 0.717) is 24.1 Å². The number of ketones is 1. The summed E-state index contributed by atoms with van der Waals surface area (Å²) in [7, 11) is 0. The second-order valence-electron chi connectivity index (χ2n) is 3.48. The Hall–Kier alpha value is -1.90. The van der Waals surface area contributed by atoms with E-state index in [9.17, 15) is 9.59 Å². The first-order valence-electron chi connectivity index (χ1n) is 5.16. The van der Waals surface area contributed by atoms with E-state index < -0.39 is 0 Å². The molecule has 1 rings (SSSR count). The third kappa shape index (κ3) is 3.35. The molecule has 0 aliphatic rings. The van der Waals surface area contributed by atoms with Gasteiger partial charge in [-0.05, 0) is 25.5 Å². The van der Waals surface area contributed by atoms with Gasteiger partial charge in [0.1, 0.15) is 0 Å². The summed E-state index contributed by atoms with van der Waals surface area (Å²) in [5, 5.41) is 2.72. The molecule has 0 unspecified atom stereocenters. The van der Waals surface area contributed by atoms with E-state index in [1.807, 2.05) is 0 Å². The van der Waals surface area contributed by atoms with E-state index in [0.717, 1.165) is 0 Å². The Balaban J connectivity index is 2.76. The minimum absolute atomic E-state index is 0.0559. The maximum Gasteiger partial charge on any atom is 0.224 e. The van der Waals surface area contributed by atoms with E-state index in [1.165, 1.54) is 6.92 Å². The fourth-order valence-electron chi connectivity index (χ4n) is 1.34. The number of Topliss-reactive ketones (excluding diaryl/α,β-unsaturated/α-hetero) is 1. The first-order valence-corrected chi connectivity index (χ1v) is 5.16. The van der Waals surface area contributed by atoms with E-state index in [4.69, 9.17) is 0 Å². The molecule has 0 aliphatic carbocycles. The molecule has 0 aromatic heterocycles. The van der Waals surface area contributed by atoms with Gasteiger partial charge in [0, 0.05) is 12.0 Å². The van der Waals surface area contributed by atoms with Gasteiger partial charge < -0.3 is 5.32 Å². The largest absolute Gasteiger partial charge is 0.325 e. The summed E-state index contributed by atoms with van der Waals surface area (Å²) in [6.45, 7) is 5.03. The van der Waals surface area contributed by atoms with Gasteiger partial charge in [-0.15, -0.1) is 6.58 Å². The Morgan fingerprint density at radius 1 is 1.38 bits per heavy atom. The summed E-state index contributed by atoms with van der Waals surface area (Å²) < 4.78 is 0. The van der Waals surface area contributed by atoms with Gasteiger partial charge in [-0.1, -0.05) is 18.2 Å². The van der Waals surface area contributed by atoms with Crippen molar-refractivity contribution >= 4 is 17.4 Å². The number of carbonyl (C=O) groups excluding carboxylic acids is 2. The van der Waals surface area contributed by atoms with Crippen LogP contribution in [-0.2, 0) is 4.79 Å². The predicted octanol–water partition coefficient (Wildman–Crippen LogP) is 2.79. The highest BCUT2D eigenvalue weighted by Gasteiger charge is 2.08. The average molecular weight is 217 g/mol. The smallest absolute Gasteiger partial charge is 0.224 e. The van der Waals surface area contributed by atoms with Crippen LogP contribution in [0.5, 0.6) is 0 Å². The van der Waals surface area contributed by atoms with Crippen molar-refractivity contribution in [2.45, 2.75) is 19.8 Å². The number of hydrogen-bond acceptors (Lipinski definition) is 2. The fourth-order valence-corrected chi connectivity index (χ4v) is 1.34. The highest BCUT2D eigenvalue weighted by Crippen LogP contribution is 2.15. The van der Waals surface area contributed by atoms with Gasteiger partial charge in [0.25, 0.3) is 0 Å². The lowest BCUT2D eigenvalue weighted by Gasteiger charge is -2.08. The van der Waals surface area contributed by atoms with Crippen molar-refractivity contribution < 1.29 is 9.59 Å². The number of para-hydroxylation sites is 1. The van der Waals surface area contributed by atoms with Crippen LogP contribution in [-0.4, -0.2) is 11.7 Å². The van der Waals surface area contributed by atoms with Gasteiger partial charge in [0.2, 0.25) is 5.91 Å². The minimum Gasteiger partial charge on any atom is -0.325 e. The predicted molar refractivity (Wildman–Crippen MR) is 64.5 cm³/mol. The summed E-state index contributed by atoms with van der Waals surface area (Å²) in [6.07, 6.45) is 2.71. The van der Waals surface area contributed by atoms with Gasteiger partial charge in [0.05, 0.1) is 5.69 Å². The summed E-state index contributed by atoms with van der Waals surface area (Å²) in [5.41, 5.74) is 1.11. The van der Waals surface area contributed by atoms with Crippen LogP contribution in [0, 0.1) is 0 Å². The molecule has 1 amide bonds. The molecule has 0 fully saturated rings. The topological polar surface area (TPSA) is 46.2 Å². The Morgan fingerprint density at radius 2 is 2.06 bits per heavy atom. The lowest BCUT2D eigenvalue weighted by atomic mass is 10.1. The number of nitrogens with one attached hydrogen (secondary N) is 1. The highest BCUT2D eigenvalue weighted by atomic mass is 16.1. The standard InChI is InChI=1S/C13H15NO2/c1-3-4-9-13(16)14-12-8-6-5-7-11(12)10(2)15/h3,5-8H,1,4,9H2,2H3,(H,14,16). The van der Waals surface area contributed by atoms with Gasteiger partial charge in [-0.3, -0.25) is 9.59 Å². The van der Waals surface area contributed by atoms with Crippen LogP contribution in [0.2, 0.25) is 0 Å². The van der Waals surface area contributed by atoms with Crippen LogP contribution in [0.1, 0.15) is 30.1 Å². The lowest BCUT2D eigenvalue weighted by molar-refractivity contribution is -0.116. The molecule has 1 aromatic rings. The van der Waals surface area contributed by atoms with Crippen molar-refractivity contribution in [2.24, 2.45) is 0 Å². The Bertz CT molecular complexity index is 410. The zero-order valence-corrected chi connectivity index (χ0v) is 9.32. The Labute approximate surface area is 95.2 Å². The Kier molecular flexibility index (Phi) is 4.45. The number of carbonyl (C=O) groups is 2. The molecule has 0 spiro atoms. The summed E-state index contributed by atoms with van der Waals surface area (Å²) in [4.78, 5) is 22.8. The van der Waals surface area contributed by atoms with Crippen molar-refractivity contribution in [2.75, 3.05) is 5.32 Å². The Morgan fingerprint density at radius 3 is 2.69 bits per heavy atom. The number of amides is 1. The van der Waals surface area contributed by atoms with Gasteiger partial charge in [-0.25, -0.2) is 0 Å². The van der Waals surface area contributed by atoms with Gasteiger partial charge >= 0.3 is 0 Å². The number of rotatable bonds is 5. The zero-order chi connectivity index (χ0) is 12.0. The first-order chi connectivity index (χ1) is 7.65. The van der Waals surface area contributed by atoms with Crippen LogP contribution >= 0.6 is 0 Å². The van der Waals surface area contributed by atoms with Gasteiger partial charge in [-0.2, -0.15) is 0 Å². The molecule has 0 atom stereocenters. The average Bonchev–Trinajstić information content (AvgIpc) is 2.27. The van der Waals surface area contributed by atoms with Crippen LogP contribution in [0.4, 0.5) is 5.69 Å². The normalized spacial score (nSPS) is 9.56. The molecule has 0 radical (unpaired) electrons. The zero-order valence-electron chi connectivity index (χ0n) is 9.32. The molecule has 3 heteroatoms. The monoisotopic (exact) mass is 217 g/mol. The molecule has 0 saturated carbocycles. The second kappa shape index (κ2) is 5.85. The van der Waals surface area contributed by atoms with E-state index in [1.54, 1.807) is 30.3 Å². The molecule has 84 valence electrons. The molecule has 16 heavy (non-hydrogen) atoms. The molecule has 3 nitrogen and oxygen atoms in total. The van der Waals surface area contributed by atoms with E-state index >= 15 is 0 Å². The molecular formula is C13H15NO2. The van der Waals surface area contributed by atoms with Crippen molar-refractivity contribution in [3.8, 4) is 0 Å². The molecule has 1 aromatic carbocycles. The SMILES string of the molecule is C=CCCC(=O)Nc1ccccc1C(C)=O.